The Balaban J connectivity index is 1.56. The molecule has 0 fully saturated rings. The molecular formula is C21H25N7O4S. The third-order valence-electron chi connectivity index (χ3n) is 4.50. The highest BCUT2D eigenvalue weighted by Gasteiger charge is 2.13. The molecule has 0 saturated carbocycles. The average molecular weight is 472 g/mol. The Labute approximate surface area is 195 Å². The molecule has 0 radical (unpaired) electrons. The number of rotatable bonds is 10. The van der Waals surface area contributed by atoms with Crippen molar-refractivity contribution in [1.29, 1.82) is 0 Å². The maximum atomic E-state index is 12.3. The predicted molar refractivity (Wildman–Crippen MR) is 128 cm³/mol. The summed E-state index contributed by atoms with van der Waals surface area (Å²) in [5.41, 5.74) is 5.01. The first-order chi connectivity index (χ1) is 15.9. The molecule has 174 valence electrons. The second-order valence-electron chi connectivity index (χ2n) is 6.62. The van der Waals surface area contributed by atoms with Crippen LogP contribution in [0.5, 0.6) is 17.2 Å². The summed E-state index contributed by atoms with van der Waals surface area (Å²) in [6.45, 7) is 1.85. The molecule has 1 aromatic heterocycles. The Morgan fingerprint density at radius 1 is 1.06 bits per heavy atom. The van der Waals surface area contributed by atoms with Gasteiger partial charge in [0, 0.05) is 11.8 Å². The van der Waals surface area contributed by atoms with Gasteiger partial charge in [-0.05, 0) is 48.9 Å². The molecule has 12 heteroatoms. The summed E-state index contributed by atoms with van der Waals surface area (Å²) in [7, 11) is 4.69. The van der Waals surface area contributed by atoms with Gasteiger partial charge >= 0.3 is 0 Å². The van der Waals surface area contributed by atoms with Gasteiger partial charge < -0.3 is 25.4 Å². The van der Waals surface area contributed by atoms with Crippen LogP contribution in [-0.4, -0.2) is 53.6 Å². The number of ether oxygens (including phenoxy) is 3. The van der Waals surface area contributed by atoms with E-state index in [1.54, 1.807) is 32.4 Å². The van der Waals surface area contributed by atoms with E-state index in [4.69, 9.17) is 20.1 Å². The molecule has 0 aliphatic heterocycles. The highest BCUT2D eigenvalue weighted by atomic mass is 32.2. The normalized spacial score (nSPS) is 11.1. The largest absolute Gasteiger partial charge is 0.497 e. The smallest absolute Gasteiger partial charge is 0.264 e. The third-order valence-corrected chi connectivity index (χ3v) is 5.44. The molecule has 1 amide bonds. The molecule has 4 N–H and O–H groups in total. The number of aromatic nitrogens is 3. The van der Waals surface area contributed by atoms with Crippen LogP contribution in [-0.2, 0) is 4.79 Å². The van der Waals surface area contributed by atoms with E-state index in [0.717, 1.165) is 28.8 Å². The Bertz CT molecular complexity index is 1130. The second-order valence-corrected chi connectivity index (χ2v) is 7.56. The summed E-state index contributed by atoms with van der Waals surface area (Å²) in [6, 6.07) is 12.6. The molecule has 0 bridgehead atoms. The van der Waals surface area contributed by atoms with E-state index in [-0.39, 0.29) is 17.6 Å². The first-order valence-corrected chi connectivity index (χ1v) is 10.7. The zero-order chi connectivity index (χ0) is 23.8. The van der Waals surface area contributed by atoms with E-state index in [1.807, 2.05) is 31.2 Å². The van der Waals surface area contributed by atoms with Crippen LogP contribution in [0.3, 0.4) is 0 Å². The maximum absolute atomic E-state index is 12.3. The van der Waals surface area contributed by atoms with Crippen molar-refractivity contribution < 1.29 is 19.0 Å². The SMILES string of the molecule is COc1ccc(/C(C)=N/Nc2nnc(SCC(=O)Nc3ccc(OC)c(OC)c3)n2N)cc1. The van der Waals surface area contributed by atoms with E-state index in [1.165, 1.54) is 11.8 Å². The molecule has 0 unspecified atom stereocenters. The molecular weight excluding hydrogens is 446 g/mol. The van der Waals surface area contributed by atoms with Crippen molar-refractivity contribution in [1.82, 2.24) is 14.9 Å². The number of hydrogen-bond donors (Lipinski definition) is 3. The summed E-state index contributed by atoms with van der Waals surface area (Å²) in [6.07, 6.45) is 0. The van der Waals surface area contributed by atoms with E-state index in [2.05, 4.69) is 26.0 Å². The molecule has 3 aromatic rings. The van der Waals surface area contributed by atoms with Crippen LogP contribution in [0, 0.1) is 0 Å². The van der Waals surface area contributed by atoms with Crippen LogP contribution in [0.25, 0.3) is 0 Å². The monoisotopic (exact) mass is 471 g/mol. The third kappa shape index (κ3) is 6.07. The Kier molecular flexibility index (Phi) is 7.97. The molecule has 0 spiro atoms. The van der Waals surface area contributed by atoms with E-state index < -0.39 is 0 Å². The fourth-order valence-corrected chi connectivity index (χ4v) is 3.38. The Morgan fingerprint density at radius 2 is 1.79 bits per heavy atom. The van der Waals surface area contributed by atoms with Gasteiger partial charge in [-0.2, -0.15) is 5.10 Å². The number of nitrogens with zero attached hydrogens (tertiary/aromatic N) is 4. The van der Waals surface area contributed by atoms with Gasteiger partial charge in [0.2, 0.25) is 11.1 Å². The van der Waals surface area contributed by atoms with Gasteiger partial charge in [-0.25, -0.2) is 10.1 Å². The van der Waals surface area contributed by atoms with Gasteiger partial charge in [-0.1, -0.05) is 11.8 Å². The minimum Gasteiger partial charge on any atom is -0.497 e. The number of nitrogens with two attached hydrogens (primary N) is 1. The topological polar surface area (TPSA) is 138 Å². The highest BCUT2D eigenvalue weighted by Crippen LogP contribution is 2.30. The van der Waals surface area contributed by atoms with Gasteiger partial charge in [-0.3, -0.25) is 4.79 Å². The van der Waals surface area contributed by atoms with Gasteiger partial charge in [0.25, 0.3) is 5.95 Å². The summed E-state index contributed by atoms with van der Waals surface area (Å²) in [4.78, 5) is 12.3. The quantitative estimate of drug-likeness (QED) is 0.176. The van der Waals surface area contributed by atoms with Gasteiger partial charge in [0.05, 0.1) is 32.8 Å². The van der Waals surface area contributed by atoms with Crippen LogP contribution < -0.4 is 30.8 Å². The predicted octanol–water partition coefficient (Wildman–Crippen LogP) is 2.58. The lowest BCUT2D eigenvalue weighted by molar-refractivity contribution is -0.113. The summed E-state index contributed by atoms with van der Waals surface area (Å²) < 4.78 is 16.8. The number of hydrazone groups is 1. The average Bonchev–Trinajstić information content (AvgIpc) is 3.20. The van der Waals surface area contributed by atoms with E-state index >= 15 is 0 Å². The van der Waals surface area contributed by atoms with E-state index in [9.17, 15) is 4.79 Å². The lowest BCUT2D eigenvalue weighted by Gasteiger charge is -2.10. The standard InChI is InChI=1S/C21H25N7O4S/c1-13(14-5-8-16(30-2)9-6-14)24-25-20-26-27-21(28(20)22)33-12-19(29)23-15-7-10-17(31-3)18(11-15)32-4/h5-11H,12,22H2,1-4H3,(H,23,29)(H,25,26)/b24-13+. The fraction of sp³-hybridized carbons (Fsp3) is 0.238. The van der Waals surface area contributed by atoms with Crippen LogP contribution in [0.1, 0.15) is 12.5 Å². The van der Waals surface area contributed by atoms with Crippen molar-refractivity contribution in [3.8, 4) is 17.2 Å². The number of hydrogen-bond acceptors (Lipinski definition) is 10. The molecule has 33 heavy (non-hydrogen) atoms. The molecule has 0 atom stereocenters. The lowest BCUT2D eigenvalue weighted by atomic mass is 10.1. The van der Waals surface area contributed by atoms with Crippen molar-refractivity contribution in [2.45, 2.75) is 12.1 Å². The minimum absolute atomic E-state index is 0.0812. The van der Waals surface area contributed by atoms with Crippen molar-refractivity contribution in [2.24, 2.45) is 5.10 Å². The first kappa shape index (κ1) is 23.7. The molecule has 1 heterocycles. The van der Waals surface area contributed by atoms with Crippen LogP contribution >= 0.6 is 11.8 Å². The van der Waals surface area contributed by atoms with Crippen molar-refractivity contribution in [3.05, 3.63) is 48.0 Å². The fourth-order valence-electron chi connectivity index (χ4n) is 2.72. The molecule has 3 rings (SSSR count). The van der Waals surface area contributed by atoms with Gasteiger partial charge in [0.1, 0.15) is 5.75 Å². The lowest BCUT2D eigenvalue weighted by Crippen LogP contribution is -2.17. The zero-order valence-electron chi connectivity index (χ0n) is 18.7. The number of amides is 1. The number of anilines is 2. The molecule has 0 aliphatic carbocycles. The number of nitrogen functional groups attached to an aromatic ring is 1. The molecule has 2 aromatic carbocycles. The number of nitrogens with one attached hydrogen (secondary N) is 2. The number of thioether (sulfide) groups is 1. The summed E-state index contributed by atoms with van der Waals surface area (Å²) in [5, 5.41) is 15.4. The number of carbonyl (C=O) groups excluding carboxylic acids is 1. The second kappa shape index (κ2) is 11.1. The number of benzene rings is 2. The van der Waals surface area contributed by atoms with Crippen LogP contribution in [0.2, 0.25) is 0 Å². The van der Waals surface area contributed by atoms with E-state index in [0.29, 0.717) is 22.3 Å². The first-order valence-electron chi connectivity index (χ1n) is 9.75. The van der Waals surface area contributed by atoms with Crippen molar-refractivity contribution in [2.75, 3.05) is 43.7 Å². The Hall–Kier alpha value is -3.93. The molecule has 0 aliphatic rings. The van der Waals surface area contributed by atoms with Gasteiger partial charge in [0.15, 0.2) is 11.5 Å². The minimum atomic E-state index is -0.238. The van der Waals surface area contributed by atoms with Crippen molar-refractivity contribution >= 4 is 35.0 Å². The highest BCUT2D eigenvalue weighted by molar-refractivity contribution is 7.99. The summed E-state index contributed by atoms with van der Waals surface area (Å²) >= 11 is 1.14. The number of carbonyl (C=O) groups is 1. The van der Waals surface area contributed by atoms with Crippen LogP contribution in [0.4, 0.5) is 11.6 Å². The van der Waals surface area contributed by atoms with Gasteiger partial charge in [-0.15, -0.1) is 10.2 Å². The molecule has 11 nitrogen and oxygen atoms in total. The van der Waals surface area contributed by atoms with Crippen molar-refractivity contribution in [3.63, 3.8) is 0 Å². The zero-order valence-corrected chi connectivity index (χ0v) is 19.5. The maximum Gasteiger partial charge on any atom is 0.264 e. The Morgan fingerprint density at radius 3 is 2.45 bits per heavy atom. The van der Waals surface area contributed by atoms with Crippen LogP contribution in [0.15, 0.2) is 52.7 Å². The summed E-state index contributed by atoms with van der Waals surface area (Å²) in [5.74, 6) is 7.98. The number of methoxy groups -OCH3 is 3. The molecule has 0 saturated heterocycles.